The lowest BCUT2D eigenvalue weighted by Crippen LogP contribution is -2.30. The normalized spacial score (nSPS) is 14.0. The van der Waals surface area contributed by atoms with Crippen molar-refractivity contribution in [2.75, 3.05) is 39.6 Å². The number of ether oxygens (including phenoxy) is 4. The SMILES string of the molecule is CCCCCCCCCCCCCCCCCC(=O)OC[C@H](COP(=O)(O)OC[C@@H](O)COP(=O)(O)OC[C@@H](COC(=O)CCCCCCCCCC(C)C)OC(=O)CCCCCCCCCCC(C)C)OC(=O)CCCCCCCCCCCCCCCCCCCCC(C)C. The van der Waals surface area contributed by atoms with Gasteiger partial charge in [-0.2, -0.15) is 0 Å². The zero-order chi connectivity index (χ0) is 71.6. The molecule has 0 aromatic carbocycles. The molecule has 2 unspecified atom stereocenters. The summed E-state index contributed by atoms with van der Waals surface area (Å²) in [5, 5.41) is 10.6. The summed E-state index contributed by atoms with van der Waals surface area (Å²) in [7, 11) is -9.91. The highest BCUT2D eigenvalue weighted by atomic mass is 31.2. The second-order valence-electron chi connectivity index (χ2n) is 29.5. The molecule has 97 heavy (non-hydrogen) atoms. The number of unbranched alkanes of at least 4 members (excludes halogenated alkanes) is 44. The van der Waals surface area contributed by atoms with E-state index in [-0.39, 0.29) is 25.7 Å². The fourth-order valence-electron chi connectivity index (χ4n) is 12.0. The quantitative estimate of drug-likeness (QED) is 0.0222. The number of aliphatic hydroxyl groups excluding tert-OH is 1. The fourth-order valence-corrected chi connectivity index (χ4v) is 13.5. The Morgan fingerprint density at radius 3 is 0.701 bits per heavy atom. The van der Waals surface area contributed by atoms with E-state index in [0.717, 1.165) is 108 Å². The average Bonchev–Trinajstić information content (AvgIpc) is 2.44. The maximum Gasteiger partial charge on any atom is 0.472 e. The fraction of sp³-hybridized carbons (Fsp3) is 0.949. The Kier molecular flexibility index (Phi) is 67.1. The number of rotatable bonds is 76. The third kappa shape index (κ3) is 72.2. The molecule has 0 rings (SSSR count). The third-order valence-electron chi connectivity index (χ3n) is 18.1. The maximum atomic E-state index is 13.1. The van der Waals surface area contributed by atoms with Crippen LogP contribution < -0.4 is 0 Å². The van der Waals surface area contributed by atoms with Gasteiger partial charge in [-0.25, -0.2) is 9.13 Å². The van der Waals surface area contributed by atoms with Gasteiger partial charge in [0.15, 0.2) is 12.2 Å². The Morgan fingerprint density at radius 2 is 0.474 bits per heavy atom. The Morgan fingerprint density at radius 1 is 0.278 bits per heavy atom. The Labute approximate surface area is 594 Å². The molecule has 0 aromatic heterocycles. The summed E-state index contributed by atoms with van der Waals surface area (Å²) >= 11 is 0. The summed E-state index contributed by atoms with van der Waals surface area (Å²) in [4.78, 5) is 72.8. The zero-order valence-corrected chi connectivity index (χ0v) is 65.3. The maximum absolute atomic E-state index is 13.1. The van der Waals surface area contributed by atoms with Gasteiger partial charge in [0, 0.05) is 25.7 Å². The van der Waals surface area contributed by atoms with Crippen LogP contribution in [-0.2, 0) is 65.4 Å². The largest absolute Gasteiger partial charge is 0.472 e. The van der Waals surface area contributed by atoms with Crippen molar-refractivity contribution < 1.29 is 80.2 Å². The Bertz CT molecular complexity index is 1890. The van der Waals surface area contributed by atoms with E-state index in [9.17, 15) is 43.2 Å². The van der Waals surface area contributed by atoms with Gasteiger partial charge in [0.05, 0.1) is 26.4 Å². The van der Waals surface area contributed by atoms with Crippen molar-refractivity contribution in [1.82, 2.24) is 0 Å². The molecule has 0 saturated heterocycles. The highest BCUT2D eigenvalue weighted by Crippen LogP contribution is 2.45. The van der Waals surface area contributed by atoms with E-state index in [1.165, 1.54) is 205 Å². The van der Waals surface area contributed by atoms with Crippen molar-refractivity contribution in [2.45, 2.75) is 420 Å². The van der Waals surface area contributed by atoms with E-state index in [4.69, 9.17) is 37.0 Å². The molecule has 0 fully saturated rings. The van der Waals surface area contributed by atoms with Crippen molar-refractivity contribution in [3.8, 4) is 0 Å². The number of esters is 4. The number of phosphoric acid groups is 2. The summed E-state index contributed by atoms with van der Waals surface area (Å²) in [6.45, 7) is 11.9. The smallest absolute Gasteiger partial charge is 0.462 e. The van der Waals surface area contributed by atoms with Gasteiger partial charge in [-0.05, 0) is 43.4 Å². The van der Waals surface area contributed by atoms with Crippen LogP contribution in [0.15, 0.2) is 0 Å². The first-order valence-electron chi connectivity index (χ1n) is 40.3. The number of carbonyl (C=O) groups excluding carboxylic acids is 4. The van der Waals surface area contributed by atoms with Crippen LogP contribution in [0, 0.1) is 17.8 Å². The molecule has 17 nitrogen and oxygen atoms in total. The van der Waals surface area contributed by atoms with Gasteiger partial charge in [-0.3, -0.25) is 37.3 Å². The highest BCUT2D eigenvalue weighted by Gasteiger charge is 2.30. The topological polar surface area (TPSA) is 237 Å². The van der Waals surface area contributed by atoms with Gasteiger partial charge in [-0.15, -0.1) is 0 Å². The molecular weight excluding hydrogens is 1270 g/mol. The molecular formula is C78H152O17P2. The Balaban J connectivity index is 5.21. The van der Waals surface area contributed by atoms with Crippen LogP contribution in [0.3, 0.4) is 0 Å². The van der Waals surface area contributed by atoms with Gasteiger partial charge in [0.25, 0.3) is 0 Å². The first-order valence-corrected chi connectivity index (χ1v) is 43.3. The number of hydrogen-bond acceptors (Lipinski definition) is 15. The minimum atomic E-state index is -4.96. The van der Waals surface area contributed by atoms with Crippen LogP contribution >= 0.6 is 15.6 Å². The number of phosphoric ester groups is 2. The van der Waals surface area contributed by atoms with Crippen molar-refractivity contribution in [1.29, 1.82) is 0 Å². The van der Waals surface area contributed by atoms with Crippen LogP contribution in [-0.4, -0.2) is 96.7 Å². The first-order chi connectivity index (χ1) is 46.7. The molecule has 0 aromatic rings. The molecule has 0 heterocycles. The standard InChI is InChI=1S/C78H152O17P2/c1-8-9-10-11-12-13-14-15-20-24-27-30-38-45-52-59-75(80)88-65-73(94-77(82)61-54-47-39-31-28-25-22-19-17-16-18-21-23-26-29-35-42-49-56-69(2)3)67-92-96(84,85)90-63-72(79)64-91-97(86,87)93-68-74(66-89-76(81)60-53-46-41-34-37-44-51-58-71(6)7)95-78(83)62-55-48-40-33-32-36-43-50-57-70(4)5/h69-74,79H,8-68H2,1-7H3,(H,84,85)(H,86,87)/t72-,73-,74-/m1/s1. The number of carbonyl (C=O) groups is 4. The van der Waals surface area contributed by atoms with Gasteiger partial charge < -0.3 is 33.8 Å². The number of aliphatic hydroxyl groups is 1. The lowest BCUT2D eigenvalue weighted by Gasteiger charge is -2.21. The lowest BCUT2D eigenvalue weighted by molar-refractivity contribution is -0.161. The predicted molar refractivity (Wildman–Crippen MR) is 395 cm³/mol. The summed E-state index contributed by atoms with van der Waals surface area (Å²) < 4.78 is 68.5. The van der Waals surface area contributed by atoms with Crippen LogP contribution in [0.5, 0.6) is 0 Å². The zero-order valence-electron chi connectivity index (χ0n) is 63.5. The van der Waals surface area contributed by atoms with E-state index in [0.29, 0.717) is 31.6 Å². The van der Waals surface area contributed by atoms with Gasteiger partial charge in [0.1, 0.15) is 19.3 Å². The summed E-state index contributed by atoms with van der Waals surface area (Å²) in [6.07, 6.45) is 55.7. The molecule has 5 atom stereocenters. The second-order valence-corrected chi connectivity index (χ2v) is 32.4. The van der Waals surface area contributed by atoms with Crippen LogP contribution in [0.1, 0.15) is 402 Å². The van der Waals surface area contributed by atoms with Crippen LogP contribution in [0.4, 0.5) is 0 Å². The highest BCUT2D eigenvalue weighted by molar-refractivity contribution is 7.47. The van der Waals surface area contributed by atoms with E-state index >= 15 is 0 Å². The van der Waals surface area contributed by atoms with Crippen LogP contribution in [0.2, 0.25) is 0 Å². The molecule has 0 amide bonds. The monoisotopic (exact) mass is 1420 g/mol. The van der Waals surface area contributed by atoms with Gasteiger partial charge in [-0.1, -0.05) is 350 Å². The molecule has 0 aliphatic carbocycles. The van der Waals surface area contributed by atoms with Gasteiger partial charge in [0.2, 0.25) is 0 Å². The molecule has 0 saturated carbocycles. The second kappa shape index (κ2) is 68.5. The molecule has 0 aliphatic rings. The van der Waals surface area contributed by atoms with E-state index in [1.807, 2.05) is 0 Å². The molecule has 0 radical (unpaired) electrons. The summed E-state index contributed by atoms with van der Waals surface area (Å²) in [6, 6.07) is 0. The molecule has 576 valence electrons. The Hall–Kier alpha value is -1.94. The van der Waals surface area contributed by atoms with E-state index in [2.05, 4.69) is 48.5 Å². The lowest BCUT2D eigenvalue weighted by atomic mass is 10.0. The van der Waals surface area contributed by atoms with Crippen LogP contribution in [0.25, 0.3) is 0 Å². The molecule has 0 bridgehead atoms. The summed E-state index contributed by atoms with van der Waals surface area (Å²) in [5.41, 5.74) is 0. The number of hydrogen-bond donors (Lipinski definition) is 3. The molecule has 3 N–H and O–H groups in total. The van der Waals surface area contributed by atoms with Crippen molar-refractivity contribution in [3.63, 3.8) is 0 Å². The van der Waals surface area contributed by atoms with E-state index in [1.54, 1.807) is 0 Å². The van der Waals surface area contributed by atoms with Crippen molar-refractivity contribution in [3.05, 3.63) is 0 Å². The van der Waals surface area contributed by atoms with Gasteiger partial charge >= 0.3 is 39.5 Å². The summed E-state index contributed by atoms with van der Waals surface area (Å²) in [5.74, 6) is 0.126. The van der Waals surface area contributed by atoms with Crippen molar-refractivity contribution >= 4 is 39.5 Å². The predicted octanol–water partition coefficient (Wildman–Crippen LogP) is 23.0. The minimum absolute atomic E-state index is 0.104. The third-order valence-corrected chi connectivity index (χ3v) is 20.0. The molecule has 0 spiro atoms. The molecule has 0 aliphatic heterocycles. The average molecular weight is 1420 g/mol. The van der Waals surface area contributed by atoms with Crippen molar-refractivity contribution in [2.24, 2.45) is 17.8 Å². The van der Waals surface area contributed by atoms with E-state index < -0.39 is 97.5 Å². The minimum Gasteiger partial charge on any atom is -0.462 e. The first kappa shape index (κ1) is 95.1. The molecule has 19 heteroatoms.